The van der Waals surface area contributed by atoms with Crippen molar-refractivity contribution in [3.8, 4) is 0 Å². The van der Waals surface area contributed by atoms with Gasteiger partial charge in [0.05, 0.1) is 21.7 Å². The number of nitrogens with zero attached hydrogens (tertiary/aromatic N) is 2. The normalized spacial score (nSPS) is 11.4. The van der Waals surface area contributed by atoms with Crippen molar-refractivity contribution in [1.29, 1.82) is 0 Å². The van der Waals surface area contributed by atoms with Gasteiger partial charge in [-0.3, -0.25) is 9.78 Å². The first-order valence-electron chi connectivity index (χ1n) is 7.82. The van der Waals surface area contributed by atoms with Gasteiger partial charge >= 0.3 is 0 Å². The third-order valence-electron chi connectivity index (χ3n) is 3.60. The predicted octanol–water partition coefficient (Wildman–Crippen LogP) is 3.33. The molecular formula is C19H14ClN3O3S. The maximum Gasteiger partial charge on any atom is 0.271 e. The molecule has 1 N–H and O–H groups in total. The summed E-state index contributed by atoms with van der Waals surface area (Å²) in [6.45, 7) is 0. The van der Waals surface area contributed by atoms with Gasteiger partial charge in [-0.15, -0.1) is 0 Å². The van der Waals surface area contributed by atoms with E-state index in [1.165, 1.54) is 54.7 Å². The van der Waals surface area contributed by atoms with Gasteiger partial charge in [-0.1, -0.05) is 17.7 Å². The summed E-state index contributed by atoms with van der Waals surface area (Å²) in [4.78, 5) is 16.4. The topological polar surface area (TPSA) is 88.5 Å². The first-order chi connectivity index (χ1) is 13.0. The van der Waals surface area contributed by atoms with Crippen molar-refractivity contribution >= 4 is 33.6 Å². The van der Waals surface area contributed by atoms with Crippen molar-refractivity contribution in [3.05, 3.63) is 89.2 Å². The Bertz CT molecular complexity index is 1070. The summed E-state index contributed by atoms with van der Waals surface area (Å²) in [5, 5.41) is 4.28. The Morgan fingerprint density at radius 2 is 1.59 bits per heavy atom. The van der Waals surface area contributed by atoms with Crippen LogP contribution >= 0.6 is 11.6 Å². The first kappa shape index (κ1) is 18.8. The Balaban J connectivity index is 1.72. The van der Waals surface area contributed by atoms with Crippen molar-refractivity contribution in [3.63, 3.8) is 0 Å². The lowest BCUT2D eigenvalue weighted by molar-refractivity contribution is 0.0955. The minimum Gasteiger partial charge on any atom is -0.267 e. The second-order valence-electron chi connectivity index (χ2n) is 5.44. The van der Waals surface area contributed by atoms with Gasteiger partial charge < -0.3 is 0 Å². The summed E-state index contributed by atoms with van der Waals surface area (Å²) in [6, 6.07) is 16.8. The quantitative estimate of drug-likeness (QED) is 0.526. The molecule has 0 saturated heterocycles. The molecular weight excluding hydrogens is 386 g/mol. The van der Waals surface area contributed by atoms with Gasteiger partial charge in [0, 0.05) is 16.8 Å². The van der Waals surface area contributed by atoms with Crippen LogP contribution in [-0.2, 0) is 9.84 Å². The van der Waals surface area contributed by atoms with E-state index in [2.05, 4.69) is 15.5 Å². The predicted molar refractivity (Wildman–Crippen MR) is 103 cm³/mol. The SMILES string of the molecule is O=C(N/N=C/c1ccccn1)c1ccc(S(=O)(=O)c2ccc(Cl)cc2)cc1. The Morgan fingerprint density at radius 1 is 0.963 bits per heavy atom. The molecule has 6 nitrogen and oxygen atoms in total. The zero-order valence-electron chi connectivity index (χ0n) is 13.9. The van der Waals surface area contributed by atoms with E-state index in [-0.39, 0.29) is 15.4 Å². The molecule has 8 heteroatoms. The monoisotopic (exact) mass is 399 g/mol. The Hall–Kier alpha value is -3.03. The summed E-state index contributed by atoms with van der Waals surface area (Å²) in [6.07, 6.45) is 3.03. The number of hydrazone groups is 1. The molecule has 1 amide bonds. The fraction of sp³-hybridized carbons (Fsp3) is 0. The van der Waals surface area contributed by atoms with Gasteiger partial charge in [-0.25, -0.2) is 13.8 Å². The molecule has 0 aliphatic rings. The molecule has 1 aromatic heterocycles. The van der Waals surface area contributed by atoms with Crippen molar-refractivity contribution in [2.75, 3.05) is 0 Å². The van der Waals surface area contributed by atoms with Crippen LogP contribution in [0.3, 0.4) is 0 Å². The van der Waals surface area contributed by atoms with Crippen LogP contribution in [-0.4, -0.2) is 25.5 Å². The molecule has 136 valence electrons. The summed E-state index contributed by atoms with van der Waals surface area (Å²) in [5.41, 5.74) is 3.25. The highest BCUT2D eigenvalue weighted by atomic mass is 35.5. The maximum atomic E-state index is 12.6. The zero-order valence-corrected chi connectivity index (χ0v) is 15.5. The molecule has 1 heterocycles. The second kappa shape index (κ2) is 8.11. The van der Waals surface area contributed by atoms with E-state index in [0.717, 1.165) is 0 Å². The van der Waals surface area contributed by atoms with Gasteiger partial charge in [0.15, 0.2) is 0 Å². The van der Waals surface area contributed by atoms with Crippen molar-refractivity contribution < 1.29 is 13.2 Å². The number of sulfone groups is 1. The van der Waals surface area contributed by atoms with Crippen molar-refractivity contribution in [2.45, 2.75) is 9.79 Å². The highest BCUT2D eigenvalue weighted by molar-refractivity contribution is 7.91. The van der Waals surface area contributed by atoms with Gasteiger partial charge in [0.25, 0.3) is 5.91 Å². The molecule has 0 saturated carbocycles. The van der Waals surface area contributed by atoms with Crippen LogP contribution in [0, 0.1) is 0 Å². The lowest BCUT2D eigenvalue weighted by Crippen LogP contribution is -2.17. The smallest absolute Gasteiger partial charge is 0.267 e. The van der Waals surface area contributed by atoms with Crippen molar-refractivity contribution in [1.82, 2.24) is 10.4 Å². The Labute approximate surface area is 161 Å². The molecule has 0 radical (unpaired) electrons. The third kappa shape index (κ3) is 4.58. The third-order valence-corrected chi connectivity index (χ3v) is 5.64. The number of hydrogen-bond donors (Lipinski definition) is 1. The summed E-state index contributed by atoms with van der Waals surface area (Å²) >= 11 is 5.79. The number of benzene rings is 2. The van der Waals surface area contributed by atoms with Crippen LogP contribution in [0.4, 0.5) is 0 Å². The minimum absolute atomic E-state index is 0.0818. The van der Waals surface area contributed by atoms with Crippen molar-refractivity contribution in [2.24, 2.45) is 5.10 Å². The van der Waals surface area contributed by atoms with E-state index in [1.54, 1.807) is 24.4 Å². The minimum atomic E-state index is -3.68. The van der Waals surface area contributed by atoms with Gasteiger partial charge in [0.1, 0.15) is 0 Å². The maximum absolute atomic E-state index is 12.6. The van der Waals surface area contributed by atoms with Gasteiger partial charge in [-0.2, -0.15) is 5.10 Å². The van der Waals surface area contributed by atoms with Crippen LogP contribution in [0.15, 0.2) is 87.8 Å². The van der Waals surface area contributed by atoms with Gasteiger partial charge in [-0.05, 0) is 60.7 Å². The fourth-order valence-corrected chi connectivity index (χ4v) is 3.60. The first-order valence-corrected chi connectivity index (χ1v) is 9.68. The molecule has 2 aromatic carbocycles. The highest BCUT2D eigenvalue weighted by Crippen LogP contribution is 2.22. The second-order valence-corrected chi connectivity index (χ2v) is 7.82. The Morgan fingerprint density at radius 3 is 2.19 bits per heavy atom. The average molecular weight is 400 g/mol. The highest BCUT2D eigenvalue weighted by Gasteiger charge is 2.18. The number of halogens is 1. The van der Waals surface area contributed by atoms with E-state index in [1.807, 2.05) is 0 Å². The number of nitrogens with one attached hydrogen (secondary N) is 1. The van der Waals surface area contributed by atoms with Gasteiger partial charge in [0.2, 0.25) is 9.84 Å². The number of aromatic nitrogens is 1. The summed E-state index contributed by atoms with van der Waals surface area (Å²) in [7, 11) is -3.68. The summed E-state index contributed by atoms with van der Waals surface area (Å²) in [5.74, 6) is -0.461. The molecule has 3 rings (SSSR count). The number of hydrogen-bond acceptors (Lipinski definition) is 5. The van der Waals surface area contributed by atoms with Crippen LogP contribution in [0.1, 0.15) is 16.1 Å². The number of amides is 1. The molecule has 0 spiro atoms. The zero-order chi connectivity index (χ0) is 19.3. The molecule has 0 aliphatic carbocycles. The summed E-state index contributed by atoms with van der Waals surface area (Å²) < 4.78 is 25.2. The van der Waals surface area contributed by atoms with E-state index in [0.29, 0.717) is 10.7 Å². The molecule has 0 aliphatic heterocycles. The lowest BCUT2D eigenvalue weighted by atomic mass is 10.2. The molecule has 0 bridgehead atoms. The molecule has 0 atom stereocenters. The van der Waals surface area contributed by atoms with E-state index < -0.39 is 15.7 Å². The van der Waals surface area contributed by atoms with E-state index in [4.69, 9.17) is 11.6 Å². The van der Waals surface area contributed by atoms with Crippen LogP contribution in [0.25, 0.3) is 0 Å². The molecule has 27 heavy (non-hydrogen) atoms. The molecule has 0 fully saturated rings. The largest absolute Gasteiger partial charge is 0.271 e. The van der Waals surface area contributed by atoms with Crippen LogP contribution in [0.5, 0.6) is 0 Å². The number of carbonyl (C=O) groups is 1. The standard InChI is InChI=1S/C19H14ClN3O3S/c20-15-6-10-18(11-7-15)27(25,26)17-8-4-14(5-9-17)19(24)23-22-13-16-3-1-2-12-21-16/h1-13H,(H,23,24)/b22-13+. The lowest BCUT2D eigenvalue weighted by Gasteiger charge is -2.06. The Kier molecular flexibility index (Phi) is 5.63. The van der Waals surface area contributed by atoms with Crippen LogP contribution in [0.2, 0.25) is 5.02 Å². The number of rotatable bonds is 5. The fourth-order valence-electron chi connectivity index (χ4n) is 2.21. The number of carbonyl (C=O) groups excluding carboxylic acids is 1. The molecule has 0 unspecified atom stereocenters. The van der Waals surface area contributed by atoms with E-state index in [9.17, 15) is 13.2 Å². The van der Waals surface area contributed by atoms with E-state index >= 15 is 0 Å². The average Bonchev–Trinajstić information content (AvgIpc) is 2.69. The molecule has 3 aromatic rings. The van der Waals surface area contributed by atoms with Crippen LogP contribution < -0.4 is 5.43 Å². The number of pyridine rings is 1.